The van der Waals surface area contributed by atoms with E-state index in [1.54, 1.807) is 11.9 Å². The van der Waals surface area contributed by atoms with Gasteiger partial charge in [-0.15, -0.1) is 0 Å². The van der Waals surface area contributed by atoms with Crippen molar-refractivity contribution >= 4 is 11.8 Å². The fraction of sp³-hybridized carbons (Fsp3) is 0.538. The van der Waals surface area contributed by atoms with Crippen molar-refractivity contribution < 1.29 is 14.3 Å². The molecule has 100 valence electrons. The van der Waals surface area contributed by atoms with E-state index in [9.17, 15) is 9.18 Å². The first-order valence-electron chi connectivity index (χ1n) is 5.94. The number of carboxylic acids is 1. The number of anilines is 1. The average molecular weight is 254 g/mol. The molecule has 1 heterocycles. The molecule has 1 unspecified atom stereocenters. The van der Waals surface area contributed by atoms with Gasteiger partial charge in [0.15, 0.2) is 0 Å². The largest absolute Gasteiger partial charge is 0.478 e. The van der Waals surface area contributed by atoms with Crippen molar-refractivity contribution in [3.63, 3.8) is 0 Å². The lowest BCUT2D eigenvalue weighted by atomic mass is 10.0. The van der Waals surface area contributed by atoms with E-state index in [0.29, 0.717) is 11.7 Å². The van der Waals surface area contributed by atoms with Crippen LogP contribution in [0.3, 0.4) is 0 Å². The summed E-state index contributed by atoms with van der Waals surface area (Å²) < 4.78 is 13.0. The molecule has 18 heavy (non-hydrogen) atoms. The Labute approximate surface area is 106 Å². The molecule has 1 aromatic heterocycles. The van der Waals surface area contributed by atoms with Gasteiger partial charge < -0.3 is 10.0 Å². The zero-order chi connectivity index (χ0) is 13.9. The molecule has 4 nitrogen and oxygen atoms in total. The van der Waals surface area contributed by atoms with Gasteiger partial charge in [-0.05, 0) is 25.3 Å². The van der Waals surface area contributed by atoms with Crippen molar-refractivity contribution in [2.24, 2.45) is 5.92 Å². The Morgan fingerprint density at radius 3 is 2.61 bits per heavy atom. The zero-order valence-corrected chi connectivity index (χ0v) is 11.1. The fourth-order valence-electron chi connectivity index (χ4n) is 1.92. The summed E-state index contributed by atoms with van der Waals surface area (Å²) in [6.07, 6.45) is 1.95. The molecular formula is C13H19FN2O2. The van der Waals surface area contributed by atoms with E-state index in [2.05, 4.69) is 18.8 Å². The van der Waals surface area contributed by atoms with Crippen LogP contribution in [0.15, 0.2) is 12.3 Å². The van der Waals surface area contributed by atoms with E-state index >= 15 is 0 Å². The third-order valence-electron chi connectivity index (χ3n) is 2.87. The summed E-state index contributed by atoms with van der Waals surface area (Å²) in [5.74, 6) is -1.00. The zero-order valence-electron chi connectivity index (χ0n) is 11.1. The SMILES string of the molecule is CC(C)CC(C)N(C)c1ncc(F)cc1C(=O)O. The van der Waals surface area contributed by atoms with Gasteiger partial charge in [-0.25, -0.2) is 14.2 Å². The minimum absolute atomic E-state index is 0.104. The fourth-order valence-corrected chi connectivity index (χ4v) is 1.92. The first-order chi connectivity index (χ1) is 8.32. The van der Waals surface area contributed by atoms with Crippen LogP contribution in [0.4, 0.5) is 10.2 Å². The van der Waals surface area contributed by atoms with Crippen molar-refractivity contribution in [3.05, 3.63) is 23.6 Å². The standard InChI is InChI=1S/C13H19FN2O2/c1-8(2)5-9(3)16(4)12-11(13(17)18)6-10(14)7-15-12/h6-9H,5H2,1-4H3,(H,17,18). The molecule has 0 aliphatic carbocycles. The van der Waals surface area contributed by atoms with Crippen LogP contribution in [0, 0.1) is 11.7 Å². The number of aromatic carboxylic acids is 1. The molecule has 0 saturated heterocycles. The molecule has 1 N–H and O–H groups in total. The van der Waals surface area contributed by atoms with Crippen molar-refractivity contribution in [2.45, 2.75) is 33.2 Å². The second kappa shape index (κ2) is 5.80. The molecule has 0 saturated carbocycles. The first kappa shape index (κ1) is 14.4. The van der Waals surface area contributed by atoms with E-state index in [1.165, 1.54) is 0 Å². The van der Waals surface area contributed by atoms with Gasteiger partial charge >= 0.3 is 5.97 Å². The maximum Gasteiger partial charge on any atom is 0.339 e. The number of aromatic nitrogens is 1. The molecule has 0 aliphatic rings. The minimum Gasteiger partial charge on any atom is -0.478 e. The summed E-state index contributed by atoms with van der Waals surface area (Å²) >= 11 is 0. The van der Waals surface area contributed by atoms with Crippen molar-refractivity contribution in [2.75, 3.05) is 11.9 Å². The third-order valence-corrected chi connectivity index (χ3v) is 2.87. The van der Waals surface area contributed by atoms with Gasteiger partial charge in [-0.1, -0.05) is 13.8 Å². The van der Waals surface area contributed by atoms with Crippen molar-refractivity contribution in [1.29, 1.82) is 0 Å². The Balaban J connectivity index is 3.04. The maximum atomic E-state index is 13.0. The van der Waals surface area contributed by atoms with Crippen molar-refractivity contribution in [1.82, 2.24) is 4.98 Å². The lowest BCUT2D eigenvalue weighted by Crippen LogP contribution is -2.32. The number of carboxylic acid groups (broad SMARTS) is 1. The molecule has 1 rings (SSSR count). The molecule has 0 aromatic carbocycles. The van der Waals surface area contributed by atoms with Crippen LogP contribution in [0.2, 0.25) is 0 Å². The summed E-state index contributed by atoms with van der Waals surface area (Å²) in [5.41, 5.74) is -0.104. The van der Waals surface area contributed by atoms with Crippen LogP contribution in [-0.4, -0.2) is 29.1 Å². The minimum atomic E-state index is -1.17. The number of hydrogen-bond acceptors (Lipinski definition) is 3. The van der Waals surface area contributed by atoms with E-state index in [4.69, 9.17) is 5.11 Å². The van der Waals surface area contributed by atoms with Gasteiger partial charge in [-0.2, -0.15) is 0 Å². The van der Waals surface area contributed by atoms with Gasteiger partial charge in [0.1, 0.15) is 17.2 Å². The lowest BCUT2D eigenvalue weighted by Gasteiger charge is -2.28. The molecule has 0 bridgehead atoms. The third kappa shape index (κ3) is 3.42. The monoisotopic (exact) mass is 254 g/mol. The number of pyridine rings is 1. The predicted octanol–water partition coefficient (Wildman–Crippen LogP) is 2.79. The second-order valence-corrected chi connectivity index (χ2v) is 4.92. The van der Waals surface area contributed by atoms with E-state index in [1.807, 2.05) is 6.92 Å². The lowest BCUT2D eigenvalue weighted by molar-refractivity contribution is 0.0696. The van der Waals surface area contributed by atoms with E-state index < -0.39 is 11.8 Å². The second-order valence-electron chi connectivity index (χ2n) is 4.92. The van der Waals surface area contributed by atoms with Crippen LogP contribution in [0.1, 0.15) is 37.6 Å². The van der Waals surface area contributed by atoms with Gasteiger partial charge in [-0.3, -0.25) is 0 Å². The number of carbonyl (C=O) groups is 1. The highest BCUT2D eigenvalue weighted by atomic mass is 19.1. The summed E-state index contributed by atoms with van der Waals surface area (Å²) in [5, 5.41) is 9.07. The van der Waals surface area contributed by atoms with Gasteiger partial charge in [0.2, 0.25) is 0 Å². The molecule has 0 aliphatic heterocycles. The first-order valence-corrected chi connectivity index (χ1v) is 5.94. The molecular weight excluding hydrogens is 235 g/mol. The highest BCUT2D eigenvalue weighted by molar-refractivity contribution is 5.93. The van der Waals surface area contributed by atoms with E-state index in [-0.39, 0.29) is 11.6 Å². The topological polar surface area (TPSA) is 53.4 Å². The summed E-state index contributed by atoms with van der Waals surface area (Å²) in [6, 6.07) is 1.14. The Hall–Kier alpha value is -1.65. The van der Waals surface area contributed by atoms with Gasteiger partial charge in [0.25, 0.3) is 0 Å². The maximum absolute atomic E-state index is 13.0. The van der Waals surface area contributed by atoms with Crippen LogP contribution in [0.25, 0.3) is 0 Å². The predicted molar refractivity (Wildman–Crippen MR) is 68.5 cm³/mol. The van der Waals surface area contributed by atoms with Gasteiger partial charge in [0, 0.05) is 13.1 Å². The molecule has 5 heteroatoms. The van der Waals surface area contributed by atoms with Crippen LogP contribution in [0.5, 0.6) is 0 Å². The number of hydrogen-bond donors (Lipinski definition) is 1. The average Bonchev–Trinajstić information content (AvgIpc) is 2.26. The molecule has 1 atom stereocenters. The van der Waals surface area contributed by atoms with Gasteiger partial charge in [0.05, 0.1) is 6.20 Å². The number of halogens is 1. The van der Waals surface area contributed by atoms with Crippen LogP contribution in [-0.2, 0) is 0 Å². The smallest absolute Gasteiger partial charge is 0.339 e. The quantitative estimate of drug-likeness (QED) is 0.877. The Kier molecular flexibility index (Phi) is 4.64. The van der Waals surface area contributed by atoms with Crippen LogP contribution >= 0.6 is 0 Å². The van der Waals surface area contributed by atoms with Crippen LogP contribution < -0.4 is 4.90 Å². The Bertz CT molecular complexity index is 435. The summed E-state index contributed by atoms with van der Waals surface area (Å²) in [6.45, 7) is 6.19. The molecule has 0 fully saturated rings. The normalized spacial score (nSPS) is 12.6. The molecule has 0 amide bonds. The highest BCUT2D eigenvalue weighted by Gasteiger charge is 2.20. The number of rotatable bonds is 5. The molecule has 0 spiro atoms. The van der Waals surface area contributed by atoms with Crippen molar-refractivity contribution in [3.8, 4) is 0 Å². The molecule has 0 radical (unpaired) electrons. The number of nitrogens with zero attached hydrogens (tertiary/aromatic N) is 2. The Morgan fingerprint density at radius 2 is 2.11 bits per heavy atom. The Morgan fingerprint density at radius 1 is 1.50 bits per heavy atom. The molecule has 1 aromatic rings. The van der Waals surface area contributed by atoms with E-state index in [0.717, 1.165) is 18.7 Å². The highest BCUT2D eigenvalue weighted by Crippen LogP contribution is 2.21. The summed E-state index contributed by atoms with van der Waals surface area (Å²) in [4.78, 5) is 16.8. The summed E-state index contributed by atoms with van der Waals surface area (Å²) in [7, 11) is 1.78.